The van der Waals surface area contributed by atoms with E-state index in [0.29, 0.717) is 17.1 Å². The van der Waals surface area contributed by atoms with Crippen molar-refractivity contribution in [2.75, 3.05) is 158 Å². The third-order valence-electron chi connectivity index (χ3n) is 17.6. The second-order valence-electron chi connectivity index (χ2n) is 24.7. The molecule has 3 amide bonds. The van der Waals surface area contributed by atoms with Gasteiger partial charge >= 0.3 is 0 Å². The summed E-state index contributed by atoms with van der Waals surface area (Å²) in [7, 11) is 0. The zero-order valence-electron chi connectivity index (χ0n) is 54.5. The topological polar surface area (TPSA) is 526 Å². The van der Waals surface area contributed by atoms with Gasteiger partial charge in [-0.3, -0.25) is 14.4 Å². The summed E-state index contributed by atoms with van der Waals surface area (Å²) in [5, 5.41) is 126. The van der Waals surface area contributed by atoms with E-state index in [-0.39, 0.29) is 215 Å². The van der Waals surface area contributed by atoms with Gasteiger partial charge in [0.15, 0.2) is 18.9 Å². The number of aliphatic hydroxyl groups is 9. The molecular weight excluding hydrogens is 1310 g/mol. The van der Waals surface area contributed by atoms with Crippen molar-refractivity contribution in [3.05, 3.63) is 35.7 Å². The molecule has 3 aromatic heterocycles. The molecule has 554 valence electrons. The van der Waals surface area contributed by atoms with Crippen LogP contribution >= 0.6 is 0 Å². The van der Waals surface area contributed by atoms with Crippen LogP contribution in [0.25, 0.3) is 0 Å². The zero-order valence-corrected chi connectivity index (χ0v) is 54.5. The van der Waals surface area contributed by atoms with Gasteiger partial charge in [0.2, 0.25) is 17.7 Å². The first-order valence-corrected chi connectivity index (χ1v) is 32.8. The number of nitrogens with two attached hydrogens (primary N) is 1. The Morgan fingerprint density at radius 2 is 0.694 bits per heavy atom. The second-order valence-corrected chi connectivity index (χ2v) is 24.7. The lowest BCUT2D eigenvalue weighted by atomic mass is 9.84. The zero-order chi connectivity index (χ0) is 69.6. The fourth-order valence-corrected chi connectivity index (χ4v) is 11.8. The fraction of sp³-hybridized carbons (Fsp3) is 0.845. The van der Waals surface area contributed by atoms with E-state index < -0.39 is 116 Å². The van der Waals surface area contributed by atoms with E-state index in [1.54, 1.807) is 18.6 Å². The minimum Gasteiger partial charge on any atom is -0.393 e. The van der Waals surface area contributed by atoms with Gasteiger partial charge in [0.1, 0.15) is 88.6 Å². The first kappa shape index (κ1) is 77.0. The molecule has 6 bridgehead atoms. The Morgan fingerprint density at radius 3 is 0.959 bits per heavy atom. The van der Waals surface area contributed by atoms with E-state index in [9.17, 15) is 60.3 Å². The number of nitrogens with zero attached hydrogens (tertiary/aromatic N) is 9. The molecule has 9 rings (SSSR count). The number of rotatable bonds is 48. The number of ether oxygens (including phenoxy) is 15. The van der Waals surface area contributed by atoms with Gasteiger partial charge in [-0.05, 0) is 19.3 Å². The van der Waals surface area contributed by atoms with Crippen molar-refractivity contribution < 1.29 is 131 Å². The molecule has 0 radical (unpaired) electrons. The van der Waals surface area contributed by atoms with E-state index in [2.05, 4.69) is 46.9 Å². The highest BCUT2D eigenvalue weighted by atomic mass is 16.8. The summed E-state index contributed by atoms with van der Waals surface area (Å²) in [6.45, 7) is 2.70. The Bertz CT molecular complexity index is 2590. The Kier molecular flexibility index (Phi) is 29.6. The van der Waals surface area contributed by atoms with E-state index >= 15 is 0 Å². The number of amides is 3. The van der Waals surface area contributed by atoms with Crippen LogP contribution in [0.3, 0.4) is 0 Å². The summed E-state index contributed by atoms with van der Waals surface area (Å²) < 4.78 is 88.3. The summed E-state index contributed by atoms with van der Waals surface area (Å²) >= 11 is 0. The number of carbonyl (C=O) groups is 3. The Hall–Kier alpha value is -5.17. The van der Waals surface area contributed by atoms with Crippen molar-refractivity contribution >= 4 is 17.7 Å². The predicted octanol–water partition coefficient (Wildman–Crippen LogP) is -7.96. The number of aromatic nitrogens is 9. The van der Waals surface area contributed by atoms with Gasteiger partial charge < -0.3 is 139 Å². The number of nitrogens with one attached hydrogen (secondary N) is 3. The standard InChI is InChI=1S/C58H95N13O27/c59-55(4-1-40(75)60-7-10-84-13-16-87-19-22-90-28-37-25-69(66-63-37)43-46(78)49(81)56(31-72)34-93-52(43)96-56,5-2-41(76)61-8-11-85-14-17-88-20-23-91-29-38-26-70(67-64-38)44-47(79)50(82)57(32-73)35-94-53(44)97-57)6-3-42(77)62-9-12-86-15-18-89-21-24-92-30-39-27-71(68-65-39)45-48(80)51(83)58(33-74)36-95-54(45)98-58/h25-27,43-54,72-74,78-83H,1-24,28-36,59H2,(H,60,75)(H,61,76)(H,62,77)/t43-,44-,45-,46-,47-,48-,49-,50-,51-,52+,53+,54+,56+,57+,58+/m1/s1. The quantitative estimate of drug-likeness (QED) is 0.0234. The van der Waals surface area contributed by atoms with Crippen LogP contribution in [-0.2, 0) is 105 Å². The predicted molar refractivity (Wildman–Crippen MR) is 323 cm³/mol. The Balaban J connectivity index is 0.600. The Labute approximate surface area is 562 Å². The van der Waals surface area contributed by atoms with Crippen LogP contribution in [0.2, 0.25) is 0 Å². The summed E-state index contributed by atoms with van der Waals surface area (Å²) in [6, 6.07) is -2.65. The molecule has 6 aliphatic heterocycles. The van der Waals surface area contributed by atoms with Crippen molar-refractivity contribution in [2.45, 2.75) is 154 Å². The highest BCUT2D eigenvalue weighted by Gasteiger charge is 2.62. The summed E-state index contributed by atoms with van der Waals surface area (Å²) in [4.78, 5) is 39.0. The molecule has 98 heavy (non-hydrogen) atoms. The van der Waals surface area contributed by atoms with Crippen LogP contribution in [-0.4, -0.2) is 345 Å². The van der Waals surface area contributed by atoms with Crippen LogP contribution in [0.15, 0.2) is 18.6 Å². The maximum Gasteiger partial charge on any atom is 0.220 e. The maximum absolute atomic E-state index is 13.0. The highest BCUT2D eigenvalue weighted by molar-refractivity contribution is 5.77. The fourth-order valence-electron chi connectivity index (χ4n) is 11.8. The molecule has 0 aromatic carbocycles. The molecule has 6 fully saturated rings. The van der Waals surface area contributed by atoms with Gasteiger partial charge in [-0.2, -0.15) is 0 Å². The van der Waals surface area contributed by atoms with Gasteiger partial charge in [-0.15, -0.1) is 15.3 Å². The van der Waals surface area contributed by atoms with Gasteiger partial charge in [0.25, 0.3) is 0 Å². The lowest BCUT2D eigenvalue weighted by molar-refractivity contribution is -0.244. The monoisotopic (exact) mass is 1410 g/mol. The first-order chi connectivity index (χ1) is 47.4. The molecule has 6 aliphatic rings. The maximum atomic E-state index is 13.0. The van der Waals surface area contributed by atoms with Crippen LogP contribution in [0.1, 0.15) is 73.7 Å². The number of hydrogen-bond donors (Lipinski definition) is 13. The molecular formula is C58H95N13O27. The second kappa shape index (κ2) is 37.7. The molecule has 14 N–H and O–H groups in total. The van der Waals surface area contributed by atoms with Crippen molar-refractivity contribution in [1.29, 1.82) is 0 Å². The number of carbonyl (C=O) groups excluding carboxylic acids is 3. The van der Waals surface area contributed by atoms with Crippen molar-refractivity contribution in [1.82, 2.24) is 60.9 Å². The summed E-state index contributed by atoms with van der Waals surface area (Å²) in [5.74, 6) is -0.874. The lowest BCUT2D eigenvalue weighted by Gasteiger charge is -2.41. The molecule has 40 heteroatoms. The smallest absolute Gasteiger partial charge is 0.220 e. The van der Waals surface area contributed by atoms with Crippen molar-refractivity contribution in [3.8, 4) is 0 Å². The Morgan fingerprint density at radius 1 is 0.439 bits per heavy atom. The summed E-state index contributed by atoms with van der Waals surface area (Å²) in [6.07, 6.45) is -5.69. The minimum absolute atomic E-state index is 0.0211. The molecule has 0 spiro atoms. The molecule has 6 saturated heterocycles. The highest BCUT2D eigenvalue weighted by Crippen LogP contribution is 2.44. The minimum atomic E-state index is -1.40. The van der Waals surface area contributed by atoms with Gasteiger partial charge in [0, 0.05) is 44.4 Å². The average Bonchev–Trinajstić information content (AvgIpc) is 1.58. The molecule has 3 aromatic rings. The van der Waals surface area contributed by atoms with E-state index in [0.717, 1.165) is 0 Å². The molecule has 15 atom stereocenters. The largest absolute Gasteiger partial charge is 0.393 e. The lowest BCUT2D eigenvalue weighted by Crippen LogP contribution is -2.60. The van der Waals surface area contributed by atoms with Crippen molar-refractivity contribution in [3.63, 3.8) is 0 Å². The number of aliphatic hydroxyl groups excluding tert-OH is 9. The molecule has 9 heterocycles. The molecule has 0 saturated carbocycles. The van der Waals surface area contributed by atoms with Crippen LogP contribution in [0.4, 0.5) is 0 Å². The van der Waals surface area contributed by atoms with Gasteiger partial charge in [0.05, 0.1) is 177 Å². The molecule has 40 nitrogen and oxygen atoms in total. The van der Waals surface area contributed by atoms with E-state index in [4.69, 9.17) is 76.8 Å². The third-order valence-corrected chi connectivity index (χ3v) is 17.6. The van der Waals surface area contributed by atoms with E-state index in [1.165, 1.54) is 14.0 Å². The molecule has 0 unspecified atom stereocenters. The van der Waals surface area contributed by atoms with Gasteiger partial charge in [-0.25, -0.2) is 14.0 Å². The summed E-state index contributed by atoms with van der Waals surface area (Å²) in [5.41, 5.74) is 3.00. The first-order valence-electron chi connectivity index (χ1n) is 32.8. The number of hydrogen-bond acceptors (Lipinski definition) is 34. The number of fused-ring (bicyclic) bond motifs is 6. The third kappa shape index (κ3) is 20.3. The normalized spacial score (nSPS) is 29.6. The molecule has 0 aliphatic carbocycles. The van der Waals surface area contributed by atoms with Gasteiger partial charge in [-0.1, -0.05) is 15.6 Å². The van der Waals surface area contributed by atoms with Crippen LogP contribution < -0.4 is 21.7 Å². The van der Waals surface area contributed by atoms with Crippen molar-refractivity contribution in [2.24, 2.45) is 5.73 Å². The van der Waals surface area contributed by atoms with E-state index in [1.807, 2.05) is 0 Å². The van der Waals surface area contributed by atoms with Crippen LogP contribution in [0.5, 0.6) is 0 Å². The average molecular weight is 1410 g/mol. The SMILES string of the molecule is NC(CCC(=O)NCCOCCOCCOCc1cn([C@H]2[C@H]3OC[C@](CO)(O3)[C@H](O)[C@@H]2O)nn1)(CCC(=O)NCCOCCOCCOCc1cn([C@H]2[C@H]3OC[C@](CO)(O3)[C@H](O)[C@@H]2O)nn1)CCC(=O)NCCOCCOCCOCc1cn([C@H]2[C@H]3OC[C@](CO)(O3)[C@H](O)[C@@H]2O)nn1. The van der Waals surface area contributed by atoms with Crippen LogP contribution in [0, 0.1) is 0 Å².